The third kappa shape index (κ3) is 9.13. The highest BCUT2D eigenvalue weighted by atomic mass is 79.9. The first kappa shape index (κ1) is 40.1. The molecule has 14 heteroatoms. The number of carbonyl (C=O) groups is 3. The van der Waals surface area contributed by atoms with Gasteiger partial charge in [0.25, 0.3) is 0 Å². The Hall–Kier alpha value is -4.53. The first-order chi connectivity index (χ1) is 26.1. The van der Waals surface area contributed by atoms with Crippen molar-refractivity contribution in [2.45, 2.75) is 85.4 Å². The van der Waals surface area contributed by atoms with E-state index in [4.69, 9.17) is 10.3 Å². The Morgan fingerprint density at radius 1 is 1.11 bits per heavy atom. The fraction of sp³-hybridized carbons (Fsp3) is 0.488. The van der Waals surface area contributed by atoms with Crippen LogP contribution in [-0.4, -0.2) is 98.2 Å². The summed E-state index contributed by atoms with van der Waals surface area (Å²) in [5.74, 6) is -0.0996. The lowest BCUT2D eigenvalue weighted by Gasteiger charge is -2.37. The second-order valence-electron chi connectivity index (χ2n) is 16.1. The Kier molecular flexibility index (Phi) is 12.2. The Labute approximate surface area is 331 Å². The second kappa shape index (κ2) is 16.7. The van der Waals surface area contributed by atoms with Gasteiger partial charge < -0.3 is 39.9 Å². The van der Waals surface area contributed by atoms with Crippen molar-refractivity contribution >= 4 is 45.0 Å². The molecule has 294 valence electrons. The topological polar surface area (TPSA) is 163 Å². The van der Waals surface area contributed by atoms with Crippen LogP contribution in [-0.2, 0) is 14.4 Å². The fourth-order valence-corrected chi connectivity index (χ4v) is 8.43. The van der Waals surface area contributed by atoms with Gasteiger partial charge in [-0.2, -0.15) is 0 Å². The first-order valence-corrected chi connectivity index (χ1v) is 19.8. The van der Waals surface area contributed by atoms with E-state index in [9.17, 15) is 19.5 Å². The Balaban J connectivity index is 1.13. The van der Waals surface area contributed by atoms with Crippen LogP contribution in [0.5, 0.6) is 0 Å². The van der Waals surface area contributed by atoms with Gasteiger partial charge >= 0.3 is 0 Å². The normalized spacial score (nSPS) is 18.7. The van der Waals surface area contributed by atoms with Crippen LogP contribution >= 0.6 is 15.9 Å². The van der Waals surface area contributed by atoms with Gasteiger partial charge in [-0.15, -0.1) is 0 Å². The molecule has 4 aromatic rings. The van der Waals surface area contributed by atoms with Gasteiger partial charge in [-0.25, -0.2) is 4.98 Å². The van der Waals surface area contributed by atoms with Crippen molar-refractivity contribution in [3.05, 3.63) is 76.6 Å². The van der Waals surface area contributed by atoms with Crippen molar-refractivity contribution in [3.63, 3.8) is 0 Å². The lowest BCUT2D eigenvalue weighted by molar-refractivity contribution is -0.143. The summed E-state index contributed by atoms with van der Waals surface area (Å²) in [7, 11) is 0. The van der Waals surface area contributed by atoms with Crippen molar-refractivity contribution < 1.29 is 24.0 Å². The number of aromatic nitrogens is 3. The third-order valence-electron chi connectivity index (χ3n) is 11.0. The van der Waals surface area contributed by atoms with Gasteiger partial charge in [0.05, 0.1) is 23.8 Å². The standard InChI is InChI=1S/C41H53BrN8O5/c1-25-7-8-29(37-26(2)46-55-27(37)3)19-34(25)49(30-9-10-33(32(42)20-30)48-18-14-44-24-48)22-28-11-15-47(16-12-28)17-13-36(52)45-38(41(4,5)6)40(54)50-23-31(51)21-35(50)39(43)53/h7-10,14,18-20,24,28,31,35,38,51H,11-13,15-17,21-23H2,1-6H3,(H2,43,53)(H,45,52)/t31-,35+,38-/m1/s1. The number of likely N-dealkylation sites (tertiary alicyclic amines) is 2. The predicted octanol–water partition coefficient (Wildman–Crippen LogP) is 5.43. The lowest BCUT2D eigenvalue weighted by atomic mass is 9.85. The number of halogens is 1. The van der Waals surface area contributed by atoms with Crippen LogP contribution in [0.2, 0.25) is 0 Å². The molecule has 2 fully saturated rings. The maximum absolute atomic E-state index is 13.6. The van der Waals surface area contributed by atoms with Crippen LogP contribution in [0, 0.1) is 32.1 Å². The van der Waals surface area contributed by atoms with Gasteiger partial charge in [-0.3, -0.25) is 14.4 Å². The number of nitrogens with one attached hydrogen (secondary N) is 1. The van der Waals surface area contributed by atoms with E-state index in [0.717, 1.165) is 82.2 Å². The number of β-amino-alcohol motifs (C(OH)–C–C–N with tert-alkyl or cyclic N) is 1. The van der Waals surface area contributed by atoms with Gasteiger partial charge in [0, 0.05) is 66.3 Å². The van der Waals surface area contributed by atoms with Crippen LogP contribution in [0.25, 0.3) is 16.8 Å². The highest BCUT2D eigenvalue weighted by Crippen LogP contribution is 2.38. The first-order valence-electron chi connectivity index (χ1n) is 19.0. The molecule has 3 atom stereocenters. The largest absolute Gasteiger partial charge is 0.391 e. The van der Waals surface area contributed by atoms with Gasteiger partial charge in [0.1, 0.15) is 17.8 Å². The monoisotopic (exact) mass is 816 g/mol. The lowest BCUT2D eigenvalue weighted by Crippen LogP contribution is -2.57. The van der Waals surface area contributed by atoms with E-state index in [-0.39, 0.29) is 25.3 Å². The van der Waals surface area contributed by atoms with Gasteiger partial charge in [0.15, 0.2) is 0 Å². The minimum Gasteiger partial charge on any atom is -0.391 e. The summed E-state index contributed by atoms with van der Waals surface area (Å²) in [5, 5.41) is 17.3. The zero-order valence-electron chi connectivity index (χ0n) is 32.6. The van der Waals surface area contributed by atoms with Gasteiger partial charge in [-0.1, -0.05) is 38.1 Å². The number of nitrogens with zero attached hydrogens (tertiary/aromatic N) is 6. The molecule has 6 rings (SSSR count). The summed E-state index contributed by atoms with van der Waals surface area (Å²) in [5.41, 5.74) is 12.2. The number of anilines is 2. The number of imidazole rings is 1. The van der Waals surface area contributed by atoms with Crippen LogP contribution in [0.15, 0.2) is 64.1 Å². The molecule has 2 aliphatic rings. The van der Waals surface area contributed by atoms with Crippen molar-refractivity contribution in [3.8, 4) is 16.8 Å². The molecule has 0 unspecified atom stereocenters. The Bertz CT molecular complexity index is 1980. The molecule has 0 saturated carbocycles. The summed E-state index contributed by atoms with van der Waals surface area (Å²) in [6, 6.07) is 11.2. The number of carbonyl (C=O) groups excluding carboxylic acids is 3. The number of aliphatic hydroxyl groups excluding tert-OH is 1. The Morgan fingerprint density at radius 3 is 2.47 bits per heavy atom. The van der Waals surface area contributed by atoms with E-state index in [1.165, 1.54) is 4.90 Å². The van der Waals surface area contributed by atoms with E-state index >= 15 is 0 Å². The number of primary amides is 1. The SMILES string of the molecule is Cc1ccc(-c2c(C)noc2C)cc1N(CC1CCN(CCC(=O)N[C@H](C(=O)N2C[C@H](O)C[C@H]2C(N)=O)C(C)(C)C)CC1)c1ccc(-n2ccnc2)c(Br)c1. The van der Waals surface area contributed by atoms with Crippen molar-refractivity contribution in [2.75, 3.05) is 37.6 Å². The molecule has 0 radical (unpaired) electrons. The number of rotatable bonds is 12. The average Bonchev–Trinajstić information content (AvgIpc) is 3.89. The molecule has 13 nitrogen and oxygen atoms in total. The maximum atomic E-state index is 13.6. The molecule has 2 aromatic carbocycles. The summed E-state index contributed by atoms with van der Waals surface area (Å²) in [6.07, 6.45) is 6.92. The average molecular weight is 818 g/mol. The molecule has 55 heavy (non-hydrogen) atoms. The highest BCUT2D eigenvalue weighted by molar-refractivity contribution is 9.10. The van der Waals surface area contributed by atoms with E-state index in [2.05, 4.69) is 84.5 Å². The number of aryl methyl sites for hydroxylation is 3. The van der Waals surface area contributed by atoms with E-state index < -0.39 is 35.4 Å². The number of nitrogens with two attached hydrogens (primary N) is 1. The molecule has 0 bridgehead atoms. The molecular formula is C41H53BrN8O5. The van der Waals surface area contributed by atoms with Crippen LogP contribution in [0.1, 0.15) is 63.5 Å². The van der Waals surface area contributed by atoms with E-state index in [1.807, 2.05) is 45.4 Å². The van der Waals surface area contributed by atoms with E-state index in [0.29, 0.717) is 12.5 Å². The molecule has 4 heterocycles. The minimum atomic E-state index is -0.889. The minimum absolute atomic E-state index is 0.0154. The smallest absolute Gasteiger partial charge is 0.246 e. The molecule has 2 saturated heterocycles. The Morgan fingerprint density at radius 2 is 1.85 bits per heavy atom. The van der Waals surface area contributed by atoms with Crippen LogP contribution in [0.3, 0.4) is 0 Å². The number of benzene rings is 2. The zero-order chi connectivity index (χ0) is 39.6. The summed E-state index contributed by atoms with van der Waals surface area (Å²) >= 11 is 3.83. The summed E-state index contributed by atoms with van der Waals surface area (Å²) < 4.78 is 8.47. The summed E-state index contributed by atoms with van der Waals surface area (Å²) in [6.45, 7) is 14.8. The van der Waals surface area contributed by atoms with Crippen molar-refractivity contribution in [1.82, 2.24) is 29.8 Å². The molecular weight excluding hydrogens is 764 g/mol. The summed E-state index contributed by atoms with van der Waals surface area (Å²) in [4.78, 5) is 49.2. The predicted molar refractivity (Wildman–Crippen MR) is 215 cm³/mol. The molecule has 2 aliphatic heterocycles. The molecule has 3 amide bonds. The van der Waals surface area contributed by atoms with Crippen molar-refractivity contribution in [1.29, 1.82) is 0 Å². The molecule has 0 spiro atoms. The fourth-order valence-electron chi connectivity index (χ4n) is 7.85. The maximum Gasteiger partial charge on any atom is 0.246 e. The second-order valence-corrected chi connectivity index (χ2v) is 17.0. The highest BCUT2D eigenvalue weighted by Gasteiger charge is 2.44. The zero-order valence-corrected chi connectivity index (χ0v) is 34.2. The number of hydrogen-bond acceptors (Lipinski definition) is 9. The van der Waals surface area contributed by atoms with Crippen LogP contribution < -0.4 is 16.0 Å². The van der Waals surface area contributed by atoms with Gasteiger partial charge in [0.2, 0.25) is 17.7 Å². The van der Waals surface area contributed by atoms with Gasteiger partial charge in [-0.05, 0) is 109 Å². The third-order valence-corrected chi connectivity index (χ3v) is 11.6. The molecule has 2 aromatic heterocycles. The quantitative estimate of drug-likeness (QED) is 0.169. The number of hydrogen-bond donors (Lipinski definition) is 3. The number of piperidine rings is 1. The molecule has 4 N–H and O–H groups in total. The number of amides is 3. The number of aliphatic hydroxyl groups is 1. The van der Waals surface area contributed by atoms with Crippen LogP contribution in [0.4, 0.5) is 11.4 Å². The molecule has 0 aliphatic carbocycles. The van der Waals surface area contributed by atoms with Crippen molar-refractivity contribution in [2.24, 2.45) is 17.1 Å². The van der Waals surface area contributed by atoms with E-state index in [1.54, 1.807) is 12.5 Å².